The molecule has 3 atom stereocenters. The summed E-state index contributed by atoms with van der Waals surface area (Å²) in [5, 5.41) is 4.67. The Bertz CT molecular complexity index is 409. The molecule has 18 heavy (non-hydrogen) atoms. The van der Waals surface area contributed by atoms with Crippen molar-refractivity contribution in [2.45, 2.75) is 43.0 Å². The molecule has 0 aromatic heterocycles. The number of fused-ring (bicyclic) bond motifs is 1. The first-order chi connectivity index (χ1) is 8.88. The molecule has 3 heteroatoms. The highest BCUT2D eigenvalue weighted by Gasteiger charge is 2.30. The lowest BCUT2D eigenvalue weighted by atomic mass is 9.99. The first-order valence-corrected chi connectivity index (χ1v) is 8.18. The molecule has 0 spiro atoms. The molecule has 3 unspecified atom stereocenters. The highest BCUT2D eigenvalue weighted by Crippen LogP contribution is 2.35. The Morgan fingerprint density at radius 2 is 2.11 bits per heavy atom. The van der Waals surface area contributed by atoms with Crippen molar-refractivity contribution in [3.8, 4) is 5.75 Å². The summed E-state index contributed by atoms with van der Waals surface area (Å²) in [4.78, 5) is 0. The van der Waals surface area contributed by atoms with Crippen LogP contribution in [0.1, 0.15) is 37.3 Å². The average molecular weight is 263 g/mol. The average Bonchev–Trinajstić information content (AvgIpc) is 2.86. The van der Waals surface area contributed by atoms with Crippen LogP contribution < -0.4 is 10.1 Å². The standard InChI is InChI=1S/C15H21NOS/c1-18-15-8-4-6-13(15)16-12-9-10-17-14-7-3-2-5-11(12)14/h2-3,5,7,12-13,15-16H,4,6,8-10H2,1H3. The maximum Gasteiger partial charge on any atom is 0.124 e. The monoisotopic (exact) mass is 263 g/mol. The van der Waals surface area contributed by atoms with Gasteiger partial charge in [0.25, 0.3) is 0 Å². The SMILES string of the molecule is CSC1CCCC1NC1CCOc2ccccc21. The number of ether oxygens (including phenoxy) is 1. The summed E-state index contributed by atoms with van der Waals surface area (Å²) in [6, 6.07) is 9.62. The Morgan fingerprint density at radius 1 is 1.22 bits per heavy atom. The summed E-state index contributed by atoms with van der Waals surface area (Å²) < 4.78 is 5.73. The summed E-state index contributed by atoms with van der Waals surface area (Å²) in [6.07, 6.45) is 7.39. The second-order valence-electron chi connectivity index (χ2n) is 5.21. The Labute approximate surface area is 113 Å². The largest absolute Gasteiger partial charge is 0.493 e. The quantitative estimate of drug-likeness (QED) is 0.903. The molecule has 2 nitrogen and oxygen atoms in total. The van der Waals surface area contributed by atoms with Crippen molar-refractivity contribution in [3.05, 3.63) is 29.8 Å². The van der Waals surface area contributed by atoms with Crippen LogP contribution in [-0.2, 0) is 0 Å². The minimum Gasteiger partial charge on any atom is -0.493 e. The third kappa shape index (κ3) is 2.39. The number of hydrogen-bond acceptors (Lipinski definition) is 3. The third-order valence-electron chi connectivity index (χ3n) is 4.13. The fraction of sp³-hybridized carbons (Fsp3) is 0.600. The van der Waals surface area contributed by atoms with E-state index in [0.717, 1.165) is 24.0 Å². The van der Waals surface area contributed by atoms with E-state index in [-0.39, 0.29) is 0 Å². The third-order valence-corrected chi connectivity index (χ3v) is 5.30. The second kappa shape index (κ2) is 5.54. The molecule has 1 aromatic carbocycles. The van der Waals surface area contributed by atoms with Crippen molar-refractivity contribution in [3.63, 3.8) is 0 Å². The predicted molar refractivity (Wildman–Crippen MR) is 77.4 cm³/mol. The van der Waals surface area contributed by atoms with Gasteiger partial charge in [-0.05, 0) is 25.2 Å². The normalized spacial score (nSPS) is 30.8. The topological polar surface area (TPSA) is 21.3 Å². The molecule has 1 N–H and O–H groups in total. The van der Waals surface area contributed by atoms with Gasteiger partial charge in [-0.1, -0.05) is 24.6 Å². The molecule has 1 aromatic rings. The van der Waals surface area contributed by atoms with E-state index < -0.39 is 0 Å². The molecule has 1 fully saturated rings. The second-order valence-corrected chi connectivity index (χ2v) is 6.28. The smallest absolute Gasteiger partial charge is 0.124 e. The van der Waals surface area contributed by atoms with E-state index in [9.17, 15) is 0 Å². The van der Waals surface area contributed by atoms with Crippen LogP contribution in [0.2, 0.25) is 0 Å². The molecule has 0 saturated heterocycles. The maximum atomic E-state index is 5.73. The van der Waals surface area contributed by atoms with Crippen LogP contribution in [-0.4, -0.2) is 24.2 Å². The number of benzene rings is 1. The lowest BCUT2D eigenvalue weighted by molar-refractivity contribution is 0.244. The van der Waals surface area contributed by atoms with Crippen molar-refractivity contribution in [1.82, 2.24) is 5.32 Å². The fourth-order valence-corrected chi connectivity index (χ4v) is 4.12. The van der Waals surface area contributed by atoms with Gasteiger partial charge in [-0.25, -0.2) is 0 Å². The highest BCUT2D eigenvalue weighted by atomic mass is 32.2. The number of rotatable bonds is 3. The van der Waals surface area contributed by atoms with Crippen LogP contribution in [0, 0.1) is 0 Å². The molecule has 1 heterocycles. The zero-order chi connectivity index (χ0) is 12.4. The van der Waals surface area contributed by atoms with E-state index in [1.54, 1.807) is 0 Å². The first-order valence-electron chi connectivity index (χ1n) is 6.89. The first kappa shape index (κ1) is 12.4. The van der Waals surface area contributed by atoms with E-state index in [4.69, 9.17) is 4.74 Å². The number of hydrogen-bond donors (Lipinski definition) is 1. The molecule has 0 radical (unpaired) electrons. The minimum atomic E-state index is 0.479. The van der Waals surface area contributed by atoms with Gasteiger partial charge in [0.2, 0.25) is 0 Å². The zero-order valence-electron chi connectivity index (χ0n) is 10.9. The number of thioether (sulfide) groups is 1. The maximum absolute atomic E-state index is 5.73. The van der Waals surface area contributed by atoms with E-state index in [2.05, 4.69) is 35.8 Å². The van der Waals surface area contributed by atoms with Crippen LogP contribution in [0.4, 0.5) is 0 Å². The Morgan fingerprint density at radius 3 is 3.00 bits per heavy atom. The van der Waals surface area contributed by atoms with Crippen molar-refractivity contribution in [2.75, 3.05) is 12.9 Å². The van der Waals surface area contributed by atoms with Gasteiger partial charge in [-0.2, -0.15) is 11.8 Å². The van der Waals surface area contributed by atoms with Gasteiger partial charge in [0.15, 0.2) is 0 Å². The van der Waals surface area contributed by atoms with Gasteiger partial charge in [0.05, 0.1) is 6.61 Å². The van der Waals surface area contributed by atoms with Gasteiger partial charge in [0, 0.05) is 29.3 Å². The molecule has 1 saturated carbocycles. The van der Waals surface area contributed by atoms with Gasteiger partial charge >= 0.3 is 0 Å². The van der Waals surface area contributed by atoms with Crippen molar-refractivity contribution in [2.24, 2.45) is 0 Å². The minimum absolute atomic E-state index is 0.479. The summed E-state index contributed by atoms with van der Waals surface area (Å²) in [5.41, 5.74) is 1.34. The Balaban J connectivity index is 1.74. The van der Waals surface area contributed by atoms with Crippen LogP contribution in [0.5, 0.6) is 5.75 Å². The molecule has 0 amide bonds. The predicted octanol–water partition coefficient (Wildman–Crippen LogP) is 3.38. The van der Waals surface area contributed by atoms with Gasteiger partial charge in [-0.3, -0.25) is 0 Å². The van der Waals surface area contributed by atoms with Crippen LogP contribution in [0.15, 0.2) is 24.3 Å². The Hall–Kier alpha value is -0.670. The summed E-state index contributed by atoms with van der Waals surface area (Å²) in [5.74, 6) is 1.07. The molecular formula is C15H21NOS. The molecule has 2 aliphatic rings. The summed E-state index contributed by atoms with van der Waals surface area (Å²) >= 11 is 2.02. The van der Waals surface area contributed by atoms with Crippen molar-refractivity contribution < 1.29 is 4.74 Å². The lowest BCUT2D eigenvalue weighted by Gasteiger charge is -2.31. The van der Waals surface area contributed by atoms with Crippen molar-refractivity contribution in [1.29, 1.82) is 0 Å². The molecule has 98 valence electrons. The molecule has 1 aliphatic heterocycles. The van der Waals surface area contributed by atoms with Crippen LogP contribution in [0.3, 0.4) is 0 Å². The van der Waals surface area contributed by atoms with E-state index in [0.29, 0.717) is 12.1 Å². The van der Waals surface area contributed by atoms with Gasteiger partial charge in [0.1, 0.15) is 5.75 Å². The Kier molecular flexibility index (Phi) is 3.80. The number of para-hydroxylation sites is 1. The zero-order valence-corrected chi connectivity index (χ0v) is 11.7. The van der Waals surface area contributed by atoms with Crippen molar-refractivity contribution >= 4 is 11.8 Å². The highest BCUT2D eigenvalue weighted by molar-refractivity contribution is 7.99. The molecule has 0 bridgehead atoms. The molecule has 3 rings (SSSR count). The van der Waals surface area contributed by atoms with Crippen LogP contribution >= 0.6 is 11.8 Å². The van der Waals surface area contributed by atoms with E-state index in [1.807, 2.05) is 11.8 Å². The summed E-state index contributed by atoms with van der Waals surface area (Å²) in [7, 11) is 0. The molecular weight excluding hydrogens is 242 g/mol. The van der Waals surface area contributed by atoms with Gasteiger partial charge in [-0.15, -0.1) is 0 Å². The van der Waals surface area contributed by atoms with E-state index in [1.165, 1.54) is 24.8 Å². The lowest BCUT2D eigenvalue weighted by Crippen LogP contribution is -2.38. The van der Waals surface area contributed by atoms with E-state index >= 15 is 0 Å². The van der Waals surface area contributed by atoms with Crippen LogP contribution in [0.25, 0.3) is 0 Å². The number of nitrogens with one attached hydrogen (secondary N) is 1. The fourth-order valence-electron chi connectivity index (χ4n) is 3.17. The summed E-state index contributed by atoms with van der Waals surface area (Å²) in [6.45, 7) is 0.839. The molecule has 1 aliphatic carbocycles. The van der Waals surface area contributed by atoms with Gasteiger partial charge < -0.3 is 10.1 Å².